The lowest BCUT2D eigenvalue weighted by Crippen LogP contribution is -2.59. The zero-order valence-electron chi connectivity index (χ0n) is 16.5. The molecule has 2 aliphatic rings. The molecule has 0 aromatic heterocycles. The molecule has 7 heteroatoms. The van der Waals surface area contributed by atoms with Crippen LogP contribution in [-0.4, -0.2) is 43.2 Å². The Labute approximate surface area is 203 Å². The quantitative estimate of drug-likeness (QED) is 0.512. The minimum absolute atomic E-state index is 0. The second-order valence-electron chi connectivity index (χ2n) is 7.74. The number of fused-ring (bicyclic) bond motifs is 1. The first kappa shape index (κ1) is 25.1. The molecule has 1 aliphatic carbocycles. The van der Waals surface area contributed by atoms with Crippen LogP contribution in [0, 0.1) is 0 Å². The number of halogens is 4. The minimum Gasteiger partial charge on any atom is -0.372 e. The molecule has 160 valence electrons. The summed E-state index contributed by atoms with van der Waals surface area (Å²) in [7, 11) is 0. The predicted molar refractivity (Wildman–Crippen MR) is 132 cm³/mol. The van der Waals surface area contributed by atoms with Gasteiger partial charge in [0.25, 0.3) is 0 Å². The van der Waals surface area contributed by atoms with E-state index in [1.807, 2.05) is 0 Å². The number of rotatable bonds is 5. The van der Waals surface area contributed by atoms with Crippen LogP contribution in [0.3, 0.4) is 0 Å². The number of piperazine rings is 1. The molecule has 1 aliphatic heterocycles. The fourth-order valence-electron chi connectivity index (χ4n) is 4.42. The van der Waals surface area contributed by atoms with Crippen molar-refractivity contribution in [1.29, 1.82) is 0 Å². The summed E-state index contributed by atoms with van der Waals surface area (Å²) in [5.41, 5.74) is 4.24. The van der Waals surface area contributed by atoms with Crippen LogP contribution in [-0.2, 0) is 17.6 Å². The van der Waals surface area contributed by atoms with Crippen molar-refractivity contribution >= 4 is 56.7 Å². The molecule has 0 bridgehead atoms. The number of benzene rings is 2. The first-order chi connectivity index (χ1) is 13.1. The van der Waals surface area contributed by atoms with E-state index in [1.54, 1.807) is 0 Å². The van der Waals surface area contributed by atoms with Crippen molar-refractivity contribution in [2.75, 3.05) is 32.8 Å². The molecule has 2 aromatic carbocycles. The Bertz CT molecular complexity index is 770. The third kappa shape index (κ3) is 5.76. The van der Waals surface area contributed by atoms with Gasteiger partial charge in [0.05, 0.1) is 18.2 Å². The van der Waals surface area contributed by atoms with E-state index in [1.165, 1.54) is 16.7 Å². The standard InChI is InChI=1S/C22H26Br2N2O.2ClH/c1-16(19-10-20(23)12-21(24)11-19)27-15-22(26-8-6-25-7-9-26)13-17-4-2-3-5-18(17)14-22;;/h2-5,10-12,16,25H,6-9,13-15H2,1H3;2*1H/t16-;;/m0../s1. The highest BCUT2D eigenvalue weighted by Crippen LogP contribution is 2.37. The van der Waals surface area contributed by atoms with Crippen LogP contribution in [0.25, 0.3) is 0 Å². The normalized spacial score (nSPS) is 19.0. The maximum absolute atomic E-state index is 6.51. The van der Waals surface area contributed by atoms with Crippen molar-refractivity contribution in [3.63, 3.8) is 0 Å². The van der Waals surface area contributed by atoms with Crippen LogP contribution in [0.4, 0.5) is 0 Å². The van der Waals surface area contributed by atoms with Crippen LogP contribution in [0.5, 0.6) is 0 Å². The first-order valence-electron chi connectivity index (χ1n) is 9.66. The van der Waals surface area contributed by atoms with Crippen molar-refractivity contribution in [3.8, 4) is 0 Å². The van der Waals surface area contributed by atoms with Gasteiger partial charge in [-0.1, -0.05) is 56.1 Å². The SMILES string of the molecule is C[C@H](OCC1(N2CCNCC2)Cc2ccccc2C1)c1cc(Br)cc(Br)c1.Cl.Cl. The molecule has 1 N–H and O–H groups in total. The van der Waals surface area contributed by atoms with Crippen molar-refractivity contribution in [2.24, 2.45) is 0 Å². The molecule has 0 unspecified atom stereocenters. The molecule has 3 nitrogen and oxygen atoms in total. The second-order valence-corrected chi connectivity index (χ2v) is 9.57. The summed E-state index contributed by atoms with van der Waals surface area (Å²) in [5, 5.41) is 3.49. The number of hydrogen-bond acceptors (Lipinski definition) is 3. The van der Waals surface area contributed by atoms with E-state index in [9.17, 15) is 0 Å². The molecular weight excluding hydrogens is 539 g/mol. The third-order valence-corrected chi connectivity index (χ3v) is 6.82. The van der Waals surface area contributed by atoms with E-state index >= 15 is 0 Å². The van der Waals surface area contributed by atoms with Crippen molar-refractivity contribution in [3.05, 3.63) is 68.1 Å². The highest BCUT2D eigenvalue weighted by Gasteiger charge is 2.43. The molecule has 1 fully saturated rings. The fraction of sp³-hybridized carbons (Fsp3) is 0.455. The van der Waals surface area contributed by atoms with Crippen LogP contribution < -0.4 is 5.32 Å². The molecule has 0 radical (unpaired) electrons. The summed E-state index contributed by atoms with van der Waals surface area (Å²) >= 11 is 7.18. The van der Waals surface area contributed by atoms with Crippen molar-refractivity contribution in [1.82, 2.24) is 10.2 Å². The van der Waals surface area contributed by atoms with Gasteiger partial charge in [-0.15, -0.1) is 24.8 Å². The van der Waals surface area contributed by atoms with E-state index < -0.39 is 0 Å². The Kier molecular flexibility index (Phi) is 9.48. The molecular formula is C22H28Br2Cl2N2O. The summed E-state index contributed by atoms with van der Waals surface area (Å²) < 4.78 is 8.66. The van der Waals surface area contributed by atoms with E-state index in [4.69, 9.17) is 4.74 Å². The smallest absolute Gasteiger partial charge is 0.0798 e. The Morgan fingerprint density at radius 1 is 1.00 bits per heavy atom. The molecule has 1 atom stereocenters. The molecule has 29 heavy (non-hydrogen) atoms. The zero-order chi connectivity index (χ0) is 18.9. The number of hydrogen-bond donors (Lipinski definition) is 1. The lowest BCUT2D eigenvalue weighted by Gasteiger charge is -2.44. The monoisotopic (exact) mass is 564 g/mol. The van der Waals surface area contributed by atoms with Crippen molar-refractivity contribution < 1.29 is 4.74 Å². The number of nitrogens with zero attached hydrogens (tertiary/aromatic N) is 1. The molecule has 0 spiro atoms. The number of ether oxygens (including phenoxy) is 1. The largest absolute Gasteiger partial charge is 0.372 e. The summed E-state index contributed by atoms with van der Waals surface area (Å²) in [6.45, 7) is 7.22. The van der Waals surface area contributed by atoms with Gasteiger partial charge in [0, 0.05) is 35.1 Å². The molecule has 0 saturated carbocycles. The Balaban J connectivity index is 0.00000150. The summed E-state index contributed by atoms with van der Waals surface area (Å²) in [5.74, 6) is 0. The van der Waals surface area contributed by atoms with Gasteiger partial charge in [0.2, 0.25) is 0 Å². The van der Waals surface area contributed by atoms with Gasteiger partial charge in [0.15, 0.2) is 0 Å². The maximum Gasteiger partial charge on any atom is 0.0798 e. The van der Waals surface area contributed by atoms with Gasteiger partial charge in [-0.2, -0.15) is 0 Å². The van der Waals surface area contributed by atoms with Crippen LogP contribution >= 0.6 is 56.7 Å². The lowest BCUT2D eigenvalue weighted by molar-refractivity contribution is -0.0379. The van der Waals surface area contributed by atoms with E-state index in [0.717, 1.165) is 54.6 Å². The average Bonchev–Trinajstić information content (AvgIpc) is 3.06. The highest BCUT2D eigenvalue weighted by atomic mass is 79.9. The Hall–Kier alpha value is -0.140. The topological polar surface area (TPSA) is 24.5 Å². The van der Waals surface area contributed by atoms with Crippen LogP contribution in [0.2, 0.25) is 0 Å². The molecule has 4 rings (SSSR count). The highest BCUT2D eigenvalue weighted by molar-refractivity contribution is 9.11. The first-order valence-corrected chi connectivity index (χ1v) is 11.2. The van der Waals surface area contributed by atoms with E-state index in [-0.39, 0.29) is 36.5 Å². The van der Waals surface area contributed by atoms with Gasteiger partial charge < -0.3 is 10.1 Å². The molecule has 1 heterocycles. The summed E-state index contributed by atoms with van der Waals surface area (Å²) in [6, 6.07) is 15.3. The lowest BCUT2D eigenvalue weighted by atomic mass is 9.93. The van der Waals surface area contributed by atoms with Gasteiger partial charge in [-0.05, 0) is 54.7 Å². The summed E-state index contributed by atoms with van der Waals surface area (Å²) in [4.78, 5) is 2.66. The zero-order valence-corrected chi connectivity index (χ0v) is 21.3. The van der Waals surface area contributed by atoms with E-state index in [0.29, 0.717) is 0 Å². The van der Waals surface area contributed by atoms with Gasteiger partial charge in [-0.3, -0.25) is 4.90 Å². The number of nitrogens with one attached hydrogen (secondary N) is 1. The third-order valence-electron chi connectivity index (χ3n) is 5.90. The van der Waals surface area contributed by atoms with Gasteiger partial charge in [-0.25, -0.2) is 0 Å². The molecule has 0 amide bonds. The van der Waals surface area contributed by atoms with Crippen LogP contribution in [0.15, 0.2) is 51.4 Å². The minimum atomic E-state index is 0. The fourth-order valence-corrected chi connectivity index (χ4v) is 5.75. The molecule has 1 saturated heterocycles. The van der Waals surface area contributed by atoms with E-state index in [2.05, 4.69) is 91.5 Å². The van der Waals surface area contributed by atoms with Gasteiger partial charge >= 0.3 is 0 Å². The average molecular weight is 567 g/mol. The Morgan fingerprint density at radius 3 is 2.10 bits per heavy atom. The van der Waals surface area contributed by atoms with Crippen LogP contribution in [0.1, 0.15) is 29.7 Å². The predicted octanol–water partition coefficient (Wildman–Crippen LogP) is 5.58. The molecule has 2 aromatic rings. The summed E-state index contributed by atoms with van der Waals surface area (Å²) in [6.07, 6.45) is 2.22. The van der Waals surface area contributed by atoms with Gasteiger partial charge in [0.1, 0.15) is 0 Å². The Morgan fingerprint density at radius 2 is 1.55 bits per heavy atom. The maximum atomic E-state index is 6.51. The second kappa shape index (κ2) is 10.9. The van der Waals surface area contributed by atoms with Crippen molar-refractivity contribution in [2.45, 2.75) is 31.4 Å².